The van der Waals surface area contributed by atoms with Gasteiger partial charge >= 0.3 is 0 Å². The van der Waals surface area contributed by atoms with E-state index in [0.717, 1.165) is 18.4 Å². The molecule has 6 nitrogen and oxygen atoms in total. The van der Waals surface area contributed by atoms with Gasteiger partial charge in [-0.2, -0.15) is 4.31 Å². The van der Waals surface area contributed by atoms with E-state index in [9.17, 15) is 8.42 Å². The lowest BCUT2D eigenvalue weighted by molar-refractivity contribution is 0.399. The van der Waals surface area contributed by atoms with Crippen molar-refractivity contribution in [2.24, 2.45) is 0 Å². The number of nitrogens with zero attached hydrogens (tertiary/aromatic N) is 3. The Morgan fingerprint density at radius 3 is 2.36 bits per heavy atom. The molecule has 2 aromatic rings. The Kier molecular flexibility index (Phi) is 8.86. The van der Waals surface area contributed by atoms with E-state index in [0.29, 0.717) is 30.2 Å². The first-order valence-corrected chi connectivity index (χ1v) is 11.6. The fourth-order valence-electron chi connectivity index (χ4n) is 3.06. The molecule has 1 heterocycles. The zero-order valence-electron chi connectivity index (χ0n) is 17.0. The molecule has 0 spiro atoms. The molecule has 2 rings (SSSR count). The zero-order valence-corrected chi connectivity index (χ0v) is 17.8. The number of benzene rings is 1. The summed E-state index contributed by atoms with van der Waals surface area (Å²) in [4.78, 5) is 8.34. The van der Waals surface area contributed by atoms with Crippen molar-refractivity contribution < 1.29 is 8.42 Å². The Labute approximate surface area is 169 Å². The molecule has 154 valence electrons. The molecule has 0 saturated carbocycles. The Morgan fingerprint density at radius 1 is 1.00 bits per heavy atom. The third kappa shape index (κ3) is 7.20. The van der Waals surface area contributed by atoms with Gasteiger partial charge in [0.2, 0.25) is 10.0 Å². The summed E-state index contributed by atoms with van der Waals surface area (Å²) in [6.07, 6.45) is 7.88. The van der Waals surface area contributed by atoms with E-state index in [1.165, 1.54) is 23.6 Å². The highest BCUT2D eigenvalue weighted by atomic mass is 32.2. The number of hydrogen-bond acceptors (Lipinski definition) is 5. The number of aryl methyl sites for hydroxylation is 1. The van der Waals surface area contributed by atoms with Crippen LogP contribution in [0.4, 0.5) is 5.82 Å². The van der Waals surface area contributed by atoms with Crippen LogP contribution in [0.25, 0.3) is 0 Å². The van der Waals surface area contributed by atoms with Crippen LogP contribution in [0.5, 0.6) is 0 Å². The molecular weight excluding hydrogens is 372 g/mol. The van der Waals surface area contributed by atoms with Crippen molar-refractivity contribution >= 4 is 15.8 Å². The minimum absolute atomic E-state index is 0.151. The second-order valence-electron chi connectivity index (χ2n) is 7.17. The van der Waals surface area contributed by atoms with E-state index in [1.54, 1.807) is 13.1 Å². The second-order valence-corrected chi connectivity index (χ2v) is 9.25. The summed E-state index contributed by atoms with van der Waals surface area (Å²) in [5.74, 6) is 1.06. The van der Waals surface area contributed by atoms with Crippen molar-refractivity contribution in [2.45, 2.75) is 65.5 Å². The van der Waals surface area contributed by atoms with E-state index in [2.05, 4.69) is 16.9 Å². The van der Waals surface area contributed by atoms with Crippen LogP contribution in [0.2, 0.25) is 0 Å². The van der Waals surface area contributed by atoms with E-state index in [1.807, 2.05) is 30.3 Å². The fourth-order valence-corrected chi connectivity index (χ4v) is 4.57. The topological polar surface area (TPSA) is 89.2 Å². The monoisotopic (exact) mass is 404 g/mol. The average Bonchev–Trinajstić information content (AvgIpc) is 2.67. The molecular formula is C21H32N4O2S. The summed E-state index contributed by atoms with van der Waals surface area (Å²) in [5.41, 5.74) is 7.58. The quantitative estimate of drug-likeness (QED) is 0.539. The first kappa shape index (κ1) is 22.3. The van der Waals surface area contributed by atoms with E-state index in [-0.39, 0.29) is 12.3 Å². The Balaban J connectivity index is 2.10. The number of nitrogens with two attached hydrogens (primary N) is 1. The SMILES string of the molecule is CCCCCCCCS(=O)(=O)N(Cc1ccccc1)Cc1cnc(C)nc1N. The molecule has 0 aliphatic rings. The van der Waals surface area contributed by atoms with Gasteiger partial charge in [-0.05, 0) is 18.9 Å². The van der Waals surface area contributed by atoms with E-state index >= 15 is 0 Å². The normalized spacial score (nSPS) is 11.8. The third-order valence-electron chi connectivity index (χ3n) is 4.72. The summed E-state index contributed by atoms with van der Waals surface area (Å²) in [6, 6.07) is 9.61. The third-order valence-corrected chi connectivity index (χ3v) is 6.57. The predicted molar refractivity (Wildman–Crippen MR) is 114 cm³/mol. The van der Waals surface area contributed by atoms with Gasteiger partial charge in [0.15, 0.2) is 0 Å². The fraction of sp³-hybridized carbons (Fsp3) is 0.524. The highest BCUT2D eigenvalue weighted by molar-refractivity contribution is 7.89. The van der Waals surface area contributed by atoms with Crippen LogP contribution in [-0.2, 0) is 23.1 Å². The molecule has 0 bridgehead atoms. The summed E-state index contributed by atoms with van der Waals surface area (Å²) in [5, 5.41) is 0. The summed E-state index contributed by atoms with van der Waals surface area (Å²) >= 11 is 0. The minimum Gasteiger partial charge on any atom is -0.383 e. The van der Waals surface area contributed by atoms with Crippen LogP contribution in [0.15, 0.2) is 36.5 Å². The summed E-state index contributed by atoms with van der Waals surface area (Å²) < 4.78 is 27.6. The first-order valence-electron chi connectivity index (χ1n) is 10.0. The predicted octanol–water partition coefficient (Wildman–Crippen LogP) is 4.06. The van der Waals surface area contributed by atoms with Gasteiger partial charge in [0.25, 0.3) is 0 Å². The Hall–Kier alpha value is -1.99. The largest absolute Gasteiger partial charge is 0.383 e. The second kappa shape index (κ2) is 11.1. The molecule has 1 aromatic heterocycles. The van der Waals surface area contributed by atoms with Crippen molar-refractivity contribution in [1.82, 2.24) is 14.3 Å². The number of hydrogen-bond donors (Lipinski definition) is 1. The van der Waals surface area contributed by atoms with Crippen LogP contribution in [0, 0.1) is 6.92 Å². The van der Waals surface area contributed by atoms with Gasteiger partial charge in [0.05, 0.1) is 5.75 Å². The lowest BCUT2D eigenvalue weighted by atomic mass is 10.1. The maximum Gasteiger partial charge on any atom is 0.214 e. The molecule has 0 amide bonds. The number of anilines is 1. The number of nitrogen functional groups attached to an aromatic ring is 1. The van der Waals surface area contributed by atoms with Gasteiger partial charge in [-0.3, -0.25) is 0 Å². The molecule has 0 fully saturated rings. The van der Waals surface area contributed by atoms with Gasteiger partial charge < -0.3 is 5.73 Å². The Morgan fingerprint density at radius 2 is 1.68 bits per heavy atom. The minimum atomic E-state index is -3.42. The van der Waals surface area contributed by atoms with Crippen molar-refractivity contribution in [1.29, 1.82) is 0 Å². The standard InChI is InChI=1S/C21H32N4O2S/c1-3-4-5-6-7-11-14-28(26,27)25(16-19-12-9-8-10-13-19)17-20-15-23-18(2)24-21(20)22/h8-10,12-13,15H,3-7,11,14,16-17H2,1-2H3,(H2,22,23,24). The summed E-state index contributed by atoms with van der Waals surface area (Å²) in [6.45, 7) is 4.43. The number of rotatable bonds is 12. The maximum atomic E-state index is 13.1. The van der Waals surface area contributed by atoms with Crippen LogP contribution < -0.4 is 5.73 Å². The molecule has 0 unspecified atom stereocenters. The van der Waals surface area contributed by atoms with Crippen LogP contribution in [-0.4, -0.2) is 28.4 Å². The maximum absolute atomic E-state index is 13.1. The molecule has 1 aromatic carbocycles. The average molecular weight is 405 g/mol. The molecule has 0 aliphatic carbocycles. The number of sulfonamides is 1. The highest BCUT2D eigenvalue weighted by Gasteiger charge is 2.23. The van der Waals surface area contributed by atoms with Gasteiger partial charge in [0, 0.05) is 24.8 Å². The molecule has 28 heavy (non-hydrogen) atoms. The zero-order chi connectivity index (χ0) is 20.4. The van der Waals surface area contributed by atoms with Gasteiger partial charge in [-0.25, -0.2) is 18.4 Å². The van der Waals surface area contributed by atoms with Crippen molar-refractivity contribution in [3.8, 4) is 0 Å². The van der Waals surface area contributed by atoms with Gasteiger partial charge in [0.1, 0.15) is 11.6 Å². The molecule has 0 atom stereocenters. The number of unbranched alkanes of at least 4 members (excludes halogenated alkanes) is 5. The van der Waals surface area contributed by atoms with Gasteiger partial charge in [-0.1, -0.05) is 69.4 Å². The van der Waals surface area contributed by atoms with E-state index < -0.39 is 10.0 Å². The first-order chi connectivity index (χ1) is 13.4. The highest BCUT2D eigenvalue weighted by Crippen LogP contribution is 2.19. The molecule has 0 aliphatic heterocycles. The van der Waals surface area contributed by atoms with E-state index in [4.69, 9.17) is 5.73 Å². The molecule has 2 N–H and O–H groups in total. The van der Waals surface area contributed by atoms with Crippen LogP contribution in [0.1, 0.15) is 62.4 Å². The van der Waals surface area contributed by atoms with Crippen molar-refractivity contribution in [3.63, 3.8) is 0 Å². The lowest BCUT2D eigenvalue weighted by Gasteiger charge is -2.23. The number of aromatic nitrogens is 2. The summed E-state index contributed by atoms with van der Waals surface area (Å²) in [7, 11) is -3.42. The molecule has 0 saturated heterocycles. The van der Waals surface area contributed by atoms with Crippen LogP contribution in [0.3, 0.4) is 0 Å². The smallest absolute Gasteiger partial charge is 0.214 e. The van der Waals surface area contributed by atoms with Crippen molar-refractivity contribution in [3.05, 3.63) is 53.5 Å². The van der Waals surface area contributed by atoms with Gasteiger partial charge in [-0.15, -0.1) is 0 Å². The lowest BCUT2D eigenvalue weighted by Crippen LogP contribution is -2.32. The Bertz CT molecular complexity index is 826. The van der Waals surface area contributed by atoms with Crippen molar-refractivity contribution in [2.75, 3.05) is 11.5 Å². The molecule has 0 radical (unpaired) electrons. The van der Waals surface area contributed by atoms with Crippen LogP contribution >= 0.6 is 0 Å². The molecule has 7 heteroatoms.